The van der Waals surface area contributed by atoms with E-state index in [1.165, 1.54) is 6.07 Å². The first-order valence-corrected chi connectivity index (χ1v) is 7.95. The molecule has 0 radical (unpaired) electrons. The van der Waals surface area contributed by atoms with Crippen molar-refractivity contribution < 1.29 is 4.79 Å². The smallest absolute Gasteiger partial charge is 0.264 e. The number of nitrogens with one attached hydrogen (secondary N) is 2. The first-order chi connectivity index (χ1) is 11.5. The van der Waals surface area contributed by atoms with Gasteiger partial charge in [0.1, 0.15) is 5.69 Å². The van der Waals surface area contributed by atoms with E-state index in [-0.39, 0.29) is 17.3 Å². The van der Waals surface area contributed by atoms with Gasteiger partial charge in [-0.15, -0.1) is 0 Å². The van der Waals surface area contributed by atoms with Gasteiger partial charge in [-0.05, 0) is 36.4 Å². The van der Waals surface area contributed by atoms with Crippen molar-refractivity contribution >= 4 is 29.0 Å². The quantitative estimate of drug-likeness (QED) is 0.693. The highest BCUT2D eigenvalue weighted by Gasteiger charge is 2.20. The molecule has 3 rings (SSSR count). The zero-order valence-corrected chi connectivity index (χ0v) is 14.2. The molecule has 1 aromatic carbocycles. The number of carbonyl (C=O) groups is 1. The molecule has 5 nitrogen and oxygen atoms in total. The first kappa shape index (κ1) is 16.5. The zero-order chi connectivity index (χ0) is 17.3. The number of halogens is 2. The molecule has 0 fully saturated rings. The summed E-state index contributed by atoms with van der Waals surface area (Å²) < 4.78 is 0. The molecule has 0 aliphatic carbocycles. The van der Waals surface area contributed by atoms with Crippen LogP contribution in [0.3, 0.4) is 0 Å². The van der Waals surface area contributed by atoms with E-state index in [0.717, 1.165) is 5.69 Å². The maximum atomic E-state index is 12.6. The molecule has 0 aliphatic rings. The number of H-pyrrole nitrogens is 2. The van der Waals surface area contributed by atoms with Crippen molar-refractivity contribution in [2.24, 2.45) is 0 Å². The summed E-state index contributed by atoms with van der Waals surface area (Å²) in [5, 5.41) is 7.29. The van der Waals surface area contributed by atoms with Crippen LogP contribution in [0.2, 0.25) is 10.0 Å². The monoisotopic (exact) mass is 361 g/mol. The van der Waals surface area contributed by atoms with Crippen LogP contribution in [0, 0.1) is 0 Å². The highest BCUT2D eigenvalue weighted by molar-refractivity contribution is 6.35. The minimum Gasteiger partial charge on any atom is -0.354 e. The maximum absolute atomic E-state index is 12.6. The van der Waals surface area contributed by atoms with E-state index in [2.05, 4.69) is 15.2 Å². The number of carbonyl (C=O) groups excluding carboxylic acids is 1. The Morgan fingerprint density at radius 2 is 1.83 bits per heavy atom. The third kappa shape index (κ3) is 3.27. The number of hydrogen-bond donors (Lipinski definition) is 2. The summed E-state index contributed by atoms with van der Waals surface area (Å²) in [6, 6.07) is 11.3. The minimum absolute atomic E-state index is 0.161. The fourth-order valence-corrected chi connectivity index (χ4v) is 2.73. The molecule has 0 saturated carbocycles. The van der Waals surface area contributed by atoms with E-state index in [1.807, 2.05) is 6.92 Å². The Labute approximate surface area is 147 Å². The summed E-state index contributed by atoms with van der Waals surface area (Å²) in [4.78, 5) is 26.7. The lowest BCUT2D eigenvalue weighted by Crippen LogP contribution is -2.10. The number of nitrogens with zero attached hydrogens (tertiary/aromatic N) is 1. The average Bonchev–Trinajstić information content (AvgIpc) is 2.97. The molecular formula is C17H13Cl2N3O2. The predicted octanol–water partition coefficient (Wildman–Crippen LogP) is 3.79. The van der Waals surface area contributed by atoms with Crippen LogP contribution in [-0.4, -0.2) is 21.0 Å². The van der Waals surface area contributed by atoms with Gasteiger partial charge in [0.05, 0.1) is 10.7 Å². The summed E-state index contributed by atoms with van der Waals surface area (Å²) in [7, 11) is 0. The third-order valence-corrected chi connectivity index (χ3v) is 4.28. The normalized spacial score (nSPS) is 12.1. The van der Waals surface area contributed by atoms with E-state index < -0.39 is 0 Å². The largest absolute Gasteiger partial charge is 0.354 e. The predicted molar refractivity (Wildman–Crippen MR) is 93.1 cm³/mol. The molecule has 0 amide bonds. The number of ketones is 1. The molecule has 0 bridgehead atoms. The summed E-state index contributed by atoms with van der Waals surface area (Å²) in [5.74, 6) is -0.379. The van der Waals surface area contributed by atoms with Crippen LogP contribution >= 0.6 is 23.2 Å². The molecule has 2 aromatic heterocycles. The molecule has 0 saturated heterocycles. The van der Waals surface area contributed by atoms with Gasteiger partial charge in [0.25, 0.3) is 5.56 Å². The van der Waals surface area contributed by atoms with Crippen LogP contribution in [0.4, 0.5) is 0 Å². The molecule has 3 aromatic rings. The standard InChI is InChI=1S/C17H13Cl2N3O2/c1-9(13-6-7-15(23)22-21-13)14-8-12(19)16(20-14)17(24)10-2-4-11(18)5-3-10/h2-9,20H,1H3,(H,22,23). The van der Waals surface area contributed by atoms with Crippen molar-refractivity contribution in [1.29, 1.82) is 0 Å². The maximum Gasteiger partial charge on any atom is 0.264 e. The number of hydrogen-bond acceptors (Lipinski definition) is 3. The molecule has 7 heteroatoms. The SMILES string of the molecule is CC(c1ccc(=O)[nH]n1)c1cc(Cl)c(C(=O)c2ccc(Cl)cc2)[nH]1. The number of aromatic nitrogens is 3. The van der Waals surface area contributed by atoms with Crippen LogP contribution in [0.5, 0.6) is 0 Å². The average molecular weight is 362 g/mol. The fraction of sp³-hybridized carbons (Fsp3) is 0.118. The van der Waals surface area contributed by atoms with E-state index in [4.69, 9.17) is 23.2 Å². The number of rotatable bonds is 4. The van der Waals surface area contributed by atoms with Crippen LogP contribution in [-0.2, 0) is 0 Å². The molecule has 0 spiro atoms. The number of benzene rings is 1. The van der Waals surface area contributed by atoms with Gasteiger partial charge in [0.15, 0.2) is 0 Å². The lowest BCUT2D eigenvalue weighted by Gasteiger charge is -2.08. The molecule has 24 heavy (non-hydrogen) atoms. The van der Waals surface area contributed by atoms with Crippen molar-refractivity contribution in [1.82, 2.24) is 15.2 Å². The van der Waals surface area contributed by atoms with Crippen molar-refractivity contribution in [3.8, 4) is 0 Å². The van der Waals surface area contributed by atoms with Gasteiger partial charge in [0.2, 0.25) is 5.78 Å². The van der Waals surface area contributed by atoms with Crippen LogP contribution in [0.1, 0.15) is 40.3 Å². The molecular weight excluding hydrogens is 349 g/mol. The highest BCUT2D eigenvalue weighted by atomic mass is 35.5. The van der Waals surface area contributed by atoms with Crippen molar-refractivity contribution in [3.05, 3.63) is 85.5 Å². The van der Waals surface area contributed by atoms with Gasteiger partial charge in [0, 0.05) is 28.3 Å². The molecule has 1 unspecified atom stereocenters. The van der Waals surface area contributed by atoms with Gasteiger partial charge in [-0.3, -0.25) is 9.59 Å². The van der Waals surface area contributed by atoms with Gasteiger partial charge in [-0.2, -0.15) is 5.10 Å². The summed E-state index contributed by atoms with van der Waals surface area (Å²) in [5.41, 5.74) is 1.93. The van der Waals surface area contributed by atoms with Crippen LogP contribution < -0.4 is 5.56 Å². The Bertz CT molecular complexity index is 925. The minimum atomic E-state index is -0.269. The first-order valence-electron chi connectivity index (χ1n) is 7.20. The van der Waals surface area contributed by atoms with Gasteiger partial charge in [-0.1, -0.05) is 30.1 Å². The Kier molecular flexibility index (Phi) is 4.55. The van der Waals surface area contributed by atoms with Crippen molar-refractivity contribution in [2.75, 3.05) is 0 Å². The molecule has 2 N–H and O–H groups in total. The molecule has 1 atom stereocenters. The third-order valence-electron chi connectivity index (χ3n) is 3.73. The summed E-state index contributed by atoms with van der Waals surface area (Å²) >= 11 is 12.1. The summed E-state index contributed by atoms with van der Waals surface area (Å²) in [6.45, 7) is 1.90. The topological polar surface area (TPSA) is 78.6 Å². The van der Waals surface area contributed by atoms with Gasteiger partial charge >= 0.3 is 0 Å². The van der Waals surface area contributed by atoms with Gasteiger partial charge < -0.3 is 4.98 Å². The van der Waals surface area contributed by atoms with Gasteiger partial charge in [-0.25, -0.2) is 5.10 Å². The molecule has 2 heterocycles. The van der Waals surface area contributed by atoms with E-state index in [1.54, 1.807) is 36.4 Å². The fourth-order valence-electron chi connectivity index (χ4n) is 2.35. The Hall–Kier alpha value is -2.37. The lowest BCUT2D eigenvalue weighted by molar-refractivity contribution is 0.103. The highest BCUT2D eigenvalue weighted by Crippen LogP contribution is 2.27. The Morgan fingerprint density at radius 1 is 1.12 bits per heavy atom. The second kappa shape index (κ2) is 6.63. The Balaban J connectivity index is 1.92. The number of aromatic amines is 2. The second-order valence-corrected chi connectivity index (χ2v) is 6.20. The molecule has 0 aliphatic heterocycles. The summed E-state index contributed by atoms with van der Waals surface area (Å²) in [6.07, 6.45) is 0. The molecule has 122 valence electrons. The van der Waals surface area contributed by atoms with Crippen LogP contribution in [0.25, 0.3) is 0 Å². The van der Waals surface area contributed by atoms with Crippen molar-refractivity contribution in [3.63, 3.8) is 0 Å². The van der Waals surface area contributed by atoms with Crippen molar-refractivity contribution in [2.45, 2.75) is 12.8 Å². The van der Waals surface area contributed by atoms with E-state index >= 15 is 0 Å². The second-order valence-electron chi connectivity index (χ2n) is 5.35. The lowest BCUT2D eigenvalue weighted by atomic mass is 10.0. The van der Waals surface area contributed by atoms with Crippen LogP contribution in [0.15, 0.2) is 47.3 Å². The Morgan fingerprint density at radius 3 is 2.46 bits per heavy atom. The van der Waals surface area contributed by atoms with E-state index in [0.29, 0.717) is 27.0 Å². The van der Waals surface area contributed by atoms with E-state index in [9.17, 15) is 9.59 Å². The zero-order valence-electron chi connectivity index (χ0n) is 12.6.